The molecule has 2 aromatic rings. The number of hydrogen-bond donors (Lipinski definition) is 1. The Bertz CT molecular complexity index is 1060. The number of anilines is 1. The molecule has 1 heterocycles. The highest BCUT2D eigenvalue weighted by Gasteiger charge is 2.30. The zero-order valence-electron chi connectivity index (χ0n) is 25.4. The molecule has 2 aromatic carbocycles. The van der Waals surface area contributed by atoms with Gasteiger partial charge in [-0.1, -0.05) is 19.1 Å². The number of amides is 1. The number of carbonyl (C=O) groups is 1. The third kappa shape index (κ3) is 8.85. The molecule has 0 aliphatic carbocycles. The van der Waals surface area contributed by atoms with Crippen molar-refractivity contribution in [2.45, 2.75) is 64.8 Å². The van der Waals surface area contributed by atoms with Gasteiger partial charge in [-0.3, -0.25) is 9.69 Å². The van der Waals surface area contributed by atoms with E-state index in [0.717, 1.165) is 43.8 Å². The fourth-order valence-electron chi connectivity index (χ4n) is 5.07. The number of fused-ring (bicyclic) bond motifs is 1. The summed E-state index contributed by atoms with van der Waals surface area (Å²) in [5.74, 6) is 1.34. The number of likely N-dealkylation sites (N-methyl/N-ethyl adjacent to an activating group) is 1. The van der Waals surface area contributed by atoms with Gasteiger partial charge in [0.2, 0.25) is 0 Å². The fraction of sp³-hybridized carbons (Fsp3) is 0.594. The van der Waals surface area contributed by atoms with E-state index in [-0.39, 0.29) is 36.7 Å². The monoisotopic (exact) mass is 555 g/mol. The molecule has 4 atom stereocenters. The van der Waals surface area contributed by atoms with Crippen LogP contribution in [0, 0.1) is 5.92 Å². The van der Waals surface area contributed by atoms with Crippen LogP contribution in [-0.4, -0.2) is 93.6 Å². The van der Waals surface area contributed by atoms with Gasteiger partial charge in [0.25, 0.3) is 5.91 Å². The number of benzene rings is 2. The van der Waals surface area contributed by atoms with E-state index in [1.165, 1.54) is 5.56 Å². The molecule has 0 saturated heterocycles. The zero-order valence-corrected chi connectivity index (χ0v) is 25.4. The molecule has 0 fully saturated rings. The number of aliphatic hydroxyl groups is 1. The molecule has 1 aliphatic rings. The van der Waals surface area contributed by atoms with Gasteiger partial charge in [-0.25, -0.2) is 0 Å². The minimum atomic E-state index is -0.353. The molecular formula is C32H49N3O5. The van der Waals surface area contributed by atoms with E-state index >= 15 is 0 Å². The maximum absolute atomic E-state index is 14.1. The lowest BCUT2D eigenvalue weighted by molar-refractivity contribution is -0.0177. The summed E-state index contributed by atoms with van der Waals surface area (Å²) in [5, 5.41) is 10.1. The summed E-state index contributed by atoms with van der Waals surface area (Å²) in [6, 6.07) is 13.5. The zero-order chi connectivity index (χ0) is 29.2. The summed E-state index contributed by atoms with van der Waals surface area (Å²) in [6.07, 6.45) is 2.70. The number of methoxy groups -OCH3 is 1. The highest BCUT2D eigenvalue weighted by atomic mass is 16.5. The van der Waals surface area contributed by atoms with Crippen molar-refractivity contribution in [2.24, 2.45) is 5.92 Å². The Labute approximate surface area is 240 Å². The Morgan fingerprint density at radius 3 is 2.48 bits per heavy atom. The molecule has 0 saturated carbocycles. The van der Waals surface area contributed by atoms with Crippen LogP contribution in [0.1, 0.15) is 56.0 Å². The molecule has 0 spiro atoms. The molecule has 0 aromatic heterocycles. The average molecular weight is 556 g/mol. The van der Waals surface area contributed by atoms with Crippen LogP contribution in [0.4, 0.5) is 5.69 Å². The molecule has 222 valence electrons. The predicted molar refractivity (Wildman–Crippen MR) is 161 cm³/mol. The van der Waals surface area contributed by atoms with E-state index in [0.29, 0.717) is 24.5 Å². The van der Waals surface area contributed by atoms with Gasteiger partial charge in [0, 0.05) is 51.9 Å². The maximum Gasteiger partial charge on any atom is 0.258 e. The molecule has 0 unspecified atom stereocenters. The summed E-state index contributed by atoms with van der Waals surface area (Å²) in [5.41, 5.74) is 2.65. The Kier molecular flexibility index (Phi) is 12.1. The summed E-state index contributed by atoms with van der Waals surface area (Å²) < 4.78 is 18.1. The van der Waals surface area contributed by atoms with Crippen LogP contribution in [0.2, 0.25) is 0 Å². The second-order valence-corrected chi connectivity index (χ2v) is 11.4. The first-order valence-electron chi connectivity index (χ1n) is 14.5. The SMILES string of the molecule is COc1ccc(CN(C)C[C@@H]2OCCCC[C@H](C)Oc3ccc(N(C)C)cc3C(=O)N([C@H](C)CO)C[C@H]2C)cc1. The fourth-order valence-corrected chi connectivity index (χ4v) is 5.07. The van der Waals surface area contributed by atoms with Gasteiger partial charge in [0.15, 0.2) is 0 Å². The summed E-state index contributed by atoms with van der Waals surface area (Å²) in [7, 11) is 7.69. The number of rotatable bonds is 8. The molecule has 8 heteroatoms. The molecule has 1 amide bonds. The van der Waals surface area contributed by atoms with Gasteiger partial charge < -0.3 is 29.1 Å². The van der Waals surface area contributed by atoms with Crippen molar-refractivity contribution in [3.05, 3.63) is 53.6 Å². The highest BCUT2D eigenvalue weighted by molar-refractivity contribution is 5.98. The molecule has 40 heavy (non-hydrogen) atoms. The number of ether oxygens (including phenoxy) is 3. The Hall–Kier alpha value is -2.81. The standard InChI is InChI=1S/C32H49N3O5/c1-23-19-35(24(2)22-36)32(37)29-18-27(33(4)5)13-16-30(29)40-25(3)10-8-9-17-39-31(23)21-34(6)20-26-11-14-28(38-7)15-12-26/h11-16,18,23-25,31,36H,8-10,17,19-22H2,1-7H3/t23-,24-,25+,31+/m1/s1. The second-order valence-electron chi connectivity index (χ2n) is 11.4. The molecular weight excluding hydrogens is 506 g/mol. The lowest BCUT2D eigenvalue weighted by Crippen LogP contribution is -2.47. The molecule has 0 radical (unpaired) electrons. The molecule has 1 N–H and O–H groups in total. The number of nitrogens with zero attached hydrogens (tertiary/aromatic N) is 3. The molecule has 0 bridgehead atoms. The Morgan fingerprint density at radius 2 is 1.82 bits per heavy atom. The van der Waals surface area contributed by atoms with E-state index in [9.17, 15) is 9.90 Å². The Balaban J connectivity index is 1.87. The smallest absolute Gasteiger partial charge is 0.258 e. The topological polar surface area (TPSA) is 74.7 Å². The van der Waals surface area contributed by atoms with Crippen LogP contribution >= 0.6 is 0 Å². The van der Waals surface area contributed by atoms with Crippen LogP contribution < -0.4 is 14.4 Å². The number of carbonyl (C=O) groups excluding carboxylic acids is 1. The van der Waals surface area contributed by atoms with Gasteiger partial charge in [0.05, 0.1) is 37.5 Å². The van der Waals surface area contributed by atoms with Gasteiger partial charge in [-0.15, -0.1) is 0 Å². The van der Waals surface area contributed by atoms with Crippen LogP contribution in [-0.2, 0) is 11.3 Å². The first-order chi connectivity index (χ1) is 19.1. The third-order valence-corrected chi connectivity index (χ3v) is 7.65. The van der Waals surface area contributed by atoms with Crippen LogP contribution in [0.25, 0.3) is 0 Å². The van der Waals surface area contributed by atoms with E-state index in [1.54, 1.807) is 12.0 Å². The van der Waals surface area contributed by atoms with Gasteiger partial charge >= 0.3 is 0 Å². The van der Waals surface area contributed by atoms with E-state index in [4.69, 9.17) is 14.2 Å². The largest absolute Gasteiger partial charge is 0.497 e. The summed E-state index contributed by atoms with van der Waals surface area (Å²) in [4.78, 5) is 20.1. The van der Waals surface area contributed by atoms with Crippen molar-refractivity contribution in [1.82, 2.24) is 9.80 Å². The van der Waals surface area contributed by atoms with E-state index in [1.807, 2.05) is 63.2 Å². The first-order valence-corrected chi connectivity index (χ1v) is 14.5. The quantitative estimate of drug-likeness (QED) is 0.507. The molecule has 3 rings (SSSR count). The van der Waals surface area contributed by atoms with Crippen LogP contribution in [0.3, 0.4) is 0 Å². The Morgan fingerprint density at radius 1 is 1.10 bits per heavy atom. The lowest BCUT2D eigenvalue weighted by Gasteiger charge is -2.36. The lowest BCUT2D eigenvalue weighted by atomic mass is 10.0. The van der Waals surface area contributed by atoms with Gasteiger partial charge in [0.1, 0.15) is 11.5 Å². The van der Waals surface area contributed by atoms with Crippen LogP contribution in [0.5, 0.6) is 11.5 Å². The van der Waals surface area contributed by atoms with E-state index < -0.39 is 0 Å². The minimum Gasteiger partial charge on any atom is -0.497 e. The number of aliphatic hydroxyl groups excluding tert-OH is 1. The van der Waals surface area contributed by atoms with Crippen molar-refractivity contribution in [3.8, 4) is 11.5 Å². The summed E-state index contributed by atoms with van der Waals surface area (Å²) in [6.45, 7) is 8.57. The maximum atomic E-state index is 14.1. The third-order valence-electron chi connectivity index (χ3n) is 7.65. The predicted octanol–water partition coefficient (Wildman–Crippen LogP) is 4.69. The van der Waals surface area contributed by atoms with Crippen LogP contribution in [0.15, 0.2) is 42.5 Å². The number of hydrogen-bond acceptors (Lipinski definition) is 7. The minimum absolute atomic E-state index is 0.0336. The van der Waals surface area contributed by atoms with Crippen molar-refractivity contribution >= 4 is 11.6 Å². The first kappa shape index (κ1) is 31.7. The van der Waals surface area contributed by atoms with Crippen molar-refractivity contribution in [1.29, 1.82) is 0 Å². The summed E-state index contributed by atoms with van der Waals surface area (Å²) >= 11 is 0. The second kappa shape index (κ2) is 15.3. The van der Waals surface area contributed by atoms with Crippen molar-refractivity contribution in [2.75, 3.05) is 59.5 Å². The highest BCUT2D eigenvalue weighted by Crippen LogP contribution is 2.29. The van der Waals surface area contributed by atoms with Gasteiger partial charge in [-0.05, 0) is 76.1 Å². The average Bonchev–Trinajstić information content (AvgIpc) is 2.94. The van der Waals surface area contributed by atoms with Crippen molar-refractivity contribution < 1.29 is 24.1 Å². The van der Waals surface area contributed by atoms with Gasteiger partial charge in [-0.2, -0.15) is 0 Å². The molecule has 1 aliphatic heterocycles. The normalized spacial score (nSPS) is 21.8. The van der Waals surface area contributed by atoms with Crippen molar-refractivity contribution in [3.63, 3.8) is 0 Å². The van der Waals surface area contributed by atoms with E-state index in [2.05, 4.69) is 31.0 Å². The molecule has 8 nitrogen and oxygen atoms in total.